The van der Waals surface area contributed by atoms with E-state index in [9.17, 15) is 0 Å². The molecular formula is C11H18N2O. The molecule has 0 saturated heterocycles. The Bertz CT molecular complexity index is 299. The highest BCUT2D eigenvalue weighted by atomic mass is 16.3. The van der Waals surface area contributed by atoms with Crippen LogP contribution in [0.4, 0.5) is 5.69 Å². The zero-order chi connectivity index (χ0) is 10.6. The van der Waals surface area contributed by atoms with Crippen LogP contribution >= 0.6 is 0 Å². The summed E-state index contributed by atoms with van der Waals surface area (Å²) >= 11 is 0. The minimum absolute atomic E-state index is 0.0810. The van der Waals surface area contributed by atoms with E-state index in [0.717, 1.165) is 16.8 Å². The number of aliphatic hydroxyl groups is 1. The largest absolute Gasteiger partial charge is 0.394 e. The summed E-state index contributed by atoms with van der Waals surface area (Å²) in [6.07, 6.45) is 0. The van der Waals surface area contributed by atoms with Crippen molar-refractivity contribution in [1.82, 2.24) is 0 Å². The normalized spacial score (nSPS) is 12.6. The van der Waals surface area contributed by atoms with E-state index in [0.29, 0.717) is 6.54 Å². The summed E-state index contributed by atoms with van der Waals surface area (Å²) in [6, 6.07) is 6.15. The first-order chi connectivity index (χ1) is 6.67. The second kappa shape index (κ2) is 4.98. The number of aliphatic hydroxyl groups excluding tert-OH is 1. The molecule has 0 aliphatic carbocycles. The van der Waals surface area contributed by atoms with Crippen molar-refractivity contribution in [3.8, 4) is 0 Å². The second-order valence-corrected chi connectivity index (χ2v) is 3.58. The Labute approximate surface area is 84.9 Å². The summed E-state index contributed by atoms with van der Waals surface area (Å²) < 4.78 is 0. The molecule has 0 amide bonds. The van der Waals surface area contributed by atoms with Gasteiger partial charge in [0.05, 0.1) is 6.61 Å². The number of nitrogens with one attached hydrogen (secondary N) is 1. The molecule has 1 rings (SSSR count). The first kappa shape index (κ1) is 11.0. The molecule has 0 aliphatic rings. The van der Waals surface area contributed by atoms with Gasteiger partial charge in [0.25, 0.3) is 0 Å². The number of aryl methyl sites for hydroxylation is 1. The van der Waals surface area contributed by atoms with Gasteiger partial charge in [-0.3, -0.25) is 0 Å². The fraction of sp³-hybridized carbons (Fsp3) is 0.455. The van der Waals surface area contributed by atoms with Crippen molar-refractivity contribution in [1.29, 1.82) is 0 Å². The molecule has 1 unspecified atom stereocenters. The second-order valence-electron chi connectivity index (χ2n) is 3.58. The highest BCUT2D eigenvalue weighted by Gasteiger charge is 2.02. The molecular weight excluding hydrogens is 176 g/mol. The van der Waals surface area contributed by atoms with Gasteiger partial charge in [-0.15, -0.1) is 0 Å². The Kier molecular flexibility index (Phi) is 3.92. The molecule has 1 aromatic carbocycles. The van der Waals surface area contributed by atoms with Gasteiger partial charge in [0.15, 0.2) is 0 Å². The maximum atomic E-state index is 8.91. The molecule has 0 fully saturated rings. The van der Waals surface area contributed by atoms with Crippen molar-refractivity contribution in [3.63, 3.8) is 0 Å². The highest BCUT2D eigenvalue weighted by molar-refractivity contribution is 5.52. The Morgan fingerprint density at radius 3 is 2.71 bits per heavy atom. The minimum Gasteiger partial charge on any atom is -0.394 e. The van der Waals surface area contributed by atoms with Crippen LogP contribution in [-0.2, 0) is 6.54 Å². The molecule has 0 saturated carbocycles. The Balaban J connectivity index is 2.78. The van der Waals surface area contributed by atoms with E-state index in [1.165, 1.54) is 0 Å². The first-order valence-corrected chi connectivity index (χ1v) is 4.84. The van der Waals surface area contributed by atoms with Gasteiger partial charge >= 0.3 is 0 Å². The zero-order valence-electron chi connectivity index (χ0n) is 8.75. The maximum Gasteiger partial charge on any atom is 0.0630 e. The van der Waals surface area contributed by atoms with Gasteiger partial charge in [-0.1, -0.05) is 12.1 Å². The molecule has 1 aromatic rings. The molecule has 1 atom stereocenters. The predicted octanol–water partition coefficient (Wildman–Crippen LogP) is 1.25. The first-order valence-electron chi connectivity index (χ1n) is 4.84. The standard InChI is InChI=1S/C11H18N2O/c1-8-5-10(6-12)3-4-11(8)13-9(2)7-14/h3-5,9,13-14H,6-7,12H2,1-2H3. The molecule has 0 bridgehead atoms. The van der Waals surface area contributed by atoms with Gasteiger partial charge in [-0.05, 0) is 31.0 Å². The van der Waals surface area contributed by atoms with E-state index < -0.39 is 0 Å². The van der Waals surface area contributed by atoms with Crippen LogP contribution in [0.3, 0.4) is 0 Å². The summed E-state index contributed by atoms with van der Waals surface area (Å²) in [6.45, 7) is 4.68. The van der Waals surface area contributed by atoms with Crippen molar-refractivity contribution in [2.24, 2.45) is 5.73 Å². The molecule has 14 heavy (non-hydrogen) atoms. The van der Waals surface area contributed by atoms with Crippen LogP contribution in [0, 0.1) is 6.92 Å². The minimum atomic E-state index is 0.0810. The van der Waals surface area contributed by atoms with E-state index in [-0.39, 0.29) is 12.6 Å². The Morgan fingerprint density at radius 1 is 1.50 bits per heavy atom. The van der Waals surface area contributed by atoms with Crippen molar-refractivity contribution in [3.05, 3.63) is 29.3 Å². The zero-order valence-corrected chi connectivity index (χ0v) is 8.75. The average Bonchev–Trinajstić information content (AvgIpc) is 2.20. The van der Waals surface area contributed by atoms with Crippen LogP contribution in [-0.4, -0.2) is 17.8 Å². The molecule has 0 radical (unpaired) electrons. The molecule has 4 N–H and O–H groups in total. The molecule has 0 heterocycles. The van der Waals surface area contributed by atoms with Gasteiger partial charge < -0.3 is 16.2 Å². The van der Waals surface area contributed by atoms with Gasteiger partial charge in [-0.25, -0.2) is 0 Å². The smallest absolute Gasteiger partial charge is 0.0630 e. The maximum absolute atomic E-state index is 8.91. The number of anilines is 1. The van der Waals surface area contributed by atoms with Crippen LogP contribution in [0.15, 0.2) is 18.2 Å². The summed E-state index contributed by atoms with van der Waals surface area (Å²) in [5, 5.41) is 12.1. The predicted molar refractivity (Wildman–Crippen MR) is 59.2 cm³/mol. The lowest BCUT2D eigenvalue weighted by Gasteiger charge is -2.15. The van der Waals surface area contributed by atoms with E-state index in [2.05, 4.69) is 11.4 Å². The van der Waals surface area contributed by atoms with Crippen LogP contribution < -0.4 is 11.1 Å². The fourth-order valence-electron chi connectivity index (χ4n) is 1.33. The van der Waals surface area contributed by atoms with Crippen molar-refractivity contribution >= 4 is 5.69 Å². The molecule has 3 heteroatoms. The lowest BCUT2D eigenvalue weighted by molar-refractivity contribution is 0.281. The van der Waals surface area contributed by atoms with Crippen LogP contribution in [0.25, 0.3) is 0 Å². The SMILES string of the molecule is Cc1cc(CN)ccc1NC(C)CO. The van der Waals surface area contributed by atoms with Gasteiger partial charge in [0.1, 0.15) is 0 Å². The molecule has 3 nitrogen and oxygen atoms in total. The molecule has 78 valence electrons. The number of rotatable bonds is 4. The van der Waals surface area contributed by atoms with E-state index in [1.54, 1.807) is 0 Å². The van der Waals surface area contributed by atoms with Crippen molar-refractivity contribution in [2.45, 2.75) is 26.4 Å². The van der Waals surface area contributed by atoms with Gasteiger partial charge in [-0.2, -0.15) is 0 Å². The highest BCUT2D eigenvalue weighted by Crippen LogP contribution is 2.16. The van der Waals surface area contributed by atoms with E-state index in [4.69, 9.17) is 10.8 Å². The third-order valence-corrected chi connectivity index (χ3v) is 2.20. The summed E-state index contributed by atoms with van der Waals surface area (Å²) in [5.74, 6) is 0. The van der Waals surface area contributed by atoms with Crippen molar-refractivity contribution < 1.29 is 5.11 Å². The monoisotopic (exact) mass is 194 g/mol. The number of hydrogen-bond acceptors (Lipinski definition) is 3. The van der Waals surface area contributed by atoms with Gasteiger partial charge in [0, 0.05) is 18.3 Å². The third-order valence-electron chi connectivity index (χ3n) is 2.20. The Morgan fingerprint density at radius 2 is 2.21 bits per heavy atom. The van der Waals surface area contributed by atoms with Crippen LogP contribution in [0.1, 0.15) is 18.1 Å². The topological polar surface area (TPSA) is 58.3 Å². The Hall–Kier alpha value is -1.06. The van der Waals surface area contributed by atoms with E-state index >= 15 is 0 Å². The third kappa shape index (κ3) is 2.72. The number of nitrogens with two attached hydrogens (primary N) is 1. The number of hydrogen-bond donors (Lipinski definition) is 3. The van der Waals surface area contributed by atoms with Gasteiger partial charge in [0.2, 0.25) is 0 Å². The lowest BCUT2D eigenvalue weighted by Crippen LogP contribution is -2.19. The quantitative estimate of drug-likeness (QED) is 0.676. The lowest BCUT2D eigenvalue weighted by atomic mass is 10.1. The van der Waals surface area contributed by atoms with Crippen LogP contribution in [0.2, 0.25) is 0 Å². The average molecular weight is 194 g/mol. The molecule has 0 spiro atoms. The summed E-state index contributed by atoms with van der Waals surface area (Å²) in [4.78, 5) is 0. The summed E-state index contributed by atoms with van der Waals surface area (Å²) in [7, 11) is 0. The van der Waals surface area contributed by atoms with Crippen molar-refractivity contribution in [2.75, 3.05) is 11.9 Å². The fourth-order valence-corrected chi connectivity index (χ4v) is 1.33. The molecule has 0 aromatic heterocycles. The summed E-state index contributed by atoms with van der Waals surface area (Å²) in [5.41, 5.74) is 8.88. The van der Waals surface area contributed by atoms with E-state index in [1.807, 2.05) is 26.0 Å². The number of benzene rings is 1. The molecule has 0 aliphatic heterocycles. The van der Waals surface area contributed by atoms with Crippen LogP contribution in [0.5, 0.6) is 0 Å².